The minimum atomic E-state index is -0.539. The average molecular weight is 436 g/mol. The third kappa shape index (κ3) is 4.59. The van der Waals surface area contributed by atoms with E-state index >= 15 is 0 Å². The summed E-state index contributed by atoms with van der Waals surface area (Å²) in [5, 5.41) is 5.94. The highest BCUT2D eigenvalue weighted by Crippen LogP contribution is 2.32. The molecule has 10 heteroatoms. The van der Waals surface area contributed by atoms with Gasteiger partial charge < -0.3 is 10.2 Å². The number of rotatable bonds is 4. The number of fused-ring (bicyclic) bond motifs is 1. The molecule has 0 aliphatic heterocycles. The van der Waals surface area contributed by atoms with Gasteiger partial charge in [-0.1, -0.05) is 29.3 Å². The Hall–Kier alpha value is -2.68. The first-order valence-corrected chi connectivity index (χ1v) is 9.58. The number of hydrogen-bond acceptors (Lipinski definition) is 5. The van der Waals surface area contributed by atoms with Crippen molar-refractivity contribution in [3.63, 3.8) is 0 Å². The number of benzene rings is 1. The van der Waals surface area contributed by atoms with Crippen molar-refractivity contribution in [2.75, 3.05) is 24.7 Å². The van der Waals surface area contributed by atoms with Crippen LogP contribution in [0.15, 0.2) is 36.7 Å². The summed E-state index contributed by atoms with van der Waals surface area (Å²) in [4.78, 5) is 34.7. The number of carbonyl (C=O) groups is 2. The molecule has 0 unspecified atom stereocenters. The average Bonchev–Trinajstić information content (AvgIpc) is 3.07. The fourth-order valence-corrected chi connectivity index (χ4v) is 3.67. The summed E-state index contributed by atoms with van der Waals surface area (Å²) in [5.41, 5.74) is 0.966. The van der Waals surface area contributed by atoms with Gasteiger partial charge in [0, 0.05) is 25.0 Å². The molecule has 0 atom stereocenters. The number of hydrogen-bond donors (Lipinski definition) is 2. The van der Waals surface area contributed by atoms with E-state index < -0.39 is 6.03 Å². The number of nitrogens with one attached hydrogen (secondary N) is 2. The maximum atomic E-state index is 12.4. The van der Waals surface area contributed by atoms with Gasteiger partial charge in [0.25, 0.3) is 0 Å². The topological polar surface area (TPSA) is 87.2 Å². The van der Waals surface area contributed by atoms with Crippen molar-refractivity contribution in [2.24, 2.45) is 0 Å². The van der Waals surface area contributed by atoms with Crippen LogP contribution in [0.5, 0.6) is 0 Å². The third-order valence-electron chi connectivity index (χ3n) is 3.59. The molecule has 0 bridgehead atoms. The first-order valence-electron chi connectivity index (χ1n) is 8.01. The van der Waals surface area contributed by atoms with E-state index in [-0.39, 0.29) is 5.91 Å². The minimum Gasteiger partial charge on any atom is -0.345 e. The second-order valence-corrected chi connectivity index (χ2v) is 7.73. The second-order valence-electron chi connectivity index (χ2n) is 5.83. The van der Waals surface area contributed by atoms with Crippen molar-refractivity contribution in [3.05, 3.63) is 51.6 Å². The van der Waals surface area contributed by atoms with Gasteiger partial charge in [0.05, 0.1) is 25.9 Å². The third-order valence-corrected chi connectivity index (χ3v) is 5.32. The van der Waals surface area contributed by atoms with Crippen LogP contribution in [0.3, 0.4) is 0 Å². The number of amides is 3. The summed E-state index contributed by atoms with van der Waals surface area (Å²) in [5.74, 6) is 0.215. The summed E-state index contributed by atoms with van der Waals surface area (Å²) in [7, 11) is 3.35. The Balaban J connectivity index is 1.81. The van der Waals surface area contributed by atoms with Crippen LogP contribution in [-0.4, -0.2) is 40.9 Å². The van der Waals surface area contributed by atoms with E-state index in [1.807, 2.05) is 6.07 Å². The fourth-order valence-electron chi connectivity index (χ4n) is 2.22. The monoisotopic (exact) mass is 435 g/mol. The van der Waals surface area contributed by atoms with E-state index in [1.165, 1.54) is 28.6 Å². The molecule has 0 fully saturated rings. The van der Waals surface area contributed by atoms with E-state index in [9.17, 15) is 9.59 Å². The summed E-state index contributed by atoms with van der Waals surface area (Å²) >= 11 is 13.5. The van der Waals surface area contributed by atoms with Gasteiger partial charge in [0.15, 0.2) is 5.82 Å². The number of aromatic nitrogens is 2. The van der Waals surface area contributed by atoms with Gasteiger partial charge in [-0.05, 0) is 24.3 Å². The maximum absolute atomic E-state index is 12.4. The lowest BCUT2D eigenvalue weighted by molar-refractivity contribution is -0.123. The molecule has 1 aromatic carbocycles. The van der Waals surface area contributed by atoms with Crippen LogP contribution in [0.4, 0.5) is 16.3 Å². The number of urea groups is 1. The minimum absolute atomic E-state index is 0.127. The van der Waals surface area contributed by atoms with Crippen LogP contribution < -0.4 is 10.6 Å². The molecule has 3 rings (SSSR count). The number of nitrogens with zero attached hydrogens (tertiary/aromatic N) is 3. The molecule has 28 heavy (non-hydrogen) atoms. The Morgan fingerprint density at radius 3 is 2.54 bits per heavy atom. The first-order chi connectivity index (χ1) is 13.3. The molecule has 0 saturated heterocycles. The quantitative estimate of drug-likeness (QED) is 0.579. The molecule has 0 aliphatic rings. The van der Waals surface area contributed by atoms with Crippen molar-refractivity contribution in [1.82, 2.24) is 14.9 Å². The number of likely N-dealkylation sites (N-methyl/N-ethyl adjacent to an activating group) is 1. The Morgan fingerprint density at radius 1 is 1.14 bits per heavy atom. The molecule has 2 aromatic heterocycles. The van der Waals surface area contributed by atoms with Crippen LogP contribution in [-0.2, 0) is 4.79 Å². The van der Waals surface area contributed by atoms with Crippen LogP contribution in [0.1, 0.15) is 4.88 Å². The lowest BCUT2D eigenvalue weighted by Gasteiger charge is -2.10. The predicted octanol–water partition coefficient (Wildman–Crippen LogP) is 4.74. The highest BCUT2D eigenvalue weighted by atomic mass is 35.5. The van der Waals surface area contributed by atoms with E-state index in [2.05, 4.69) is 20.6 Å². The standard InChI is InChI=1S/C18H15Cl2N5O2S/c1-25(2)14(26)7-6-10-8-13-16(28-10)17(22-9-21-13)24-18(27)23-15-11(19)4-3-5-12(15)20/h3-9H,1-2H3,(H2,21,22,23,24,27)/b7-6+. The van der Waals surface area contributed by atoms with Crippen LogP contribution in [0.2, 0.25) is 10.0 Å². The molecule has 0 saturated carbocycles. The van der Waals surface area contributed by atoms with Crippen LogP contribution >= 0.6 is 34.5 Å². The molecule has 2 N–H and O–H groups in total. The molecule has 144 valence electrons. The molecule has 0 radical (unpaired) electrons. The van der Waals surface area contributed by atoms with E-state index in [0.29, 0.717) is 31.8 Å². The Morgan fingerprint density at radius 2 is 1.86 bits per heavy atom. The number of para-hydroxylation sites is 1. The number of anilines is 2. The second kappa shape index (κ2) is 8.55. The molecular weight excluding hydrogens is 421 g/mol. The summed E-state index contributed by atoms with van der Waals surface area (Å²) in [6.45, 7) is 0. The fraction of sp³-hybridized carbons (Fsp3) is 0.111. The number of halogens is 2. The zero-order valence-electron chi connectivity index (χ0n) is 14.9. The first kappa shape index (κ1) is 20.1. The lowest BCUT2D eigenvalue weighted by atomic mass is 10.3. The van der Waals surface area contributed by atoms with Crippen LogP contribution in [0.25, 0.3) is 16.3 Å². The maximum Gasteiger partial charge on any atom is 0.324 e. The van der Waals surface area contributed by atoms with Gasteiger partial charge in [0.2, 0.25) is 5.91 Å². The number of carbonyl (C=O) groups excluding carboxylic acids is 2. The normalized spacial score (nSPS) is 11.0. The lowest BCUT2D eigenvalue weighted by Crippen LogP contribution is -2.20. The summed E-state index contributed by atoms with van der Waals surface area (Å²) in [6, 6.07) is 6.21. The van der Waals surface area contributed by atoms with Crippen molar-refractivity contribution < 1.29 is 9.59 Å². The molecule has 7 nitrogen and oxygen atoms in total. The SMILES string of the molecule is CN(C)C(=O)/C=C/c1cc2ncnc(NC(=O)Nc3c(Cl)cccc3Cl)c2s1. The summed E-state index contributed by atoms with van der Waals surface area (Å²) in [6.07, 6.45) is 4.52. The van der Waals surface area contributed by atoms with Gasteiger partial charge in [0.1, 0.15) is 6.33 Å². The molecule has 3 amide bonds. The Bertz CT molecular complexity index is 1060. The zero-order valence-corrected chi connectivity index (χ0v) is 17.2. The van der Waals surface area contributed by atoms with E-state index in [0.717, 1.165) is 4.88 Å². The van der Waals surface area contributed by atoms with Crippen molar-refractivity contribution in [3.8, 4) is 0 Å². The largest absolute Gasteiger partial charge is 0.345 e. The van der Waals surface area contributed by atoms with Gasteiger partial charge in [-0.2, -0.15) is 0 Å². The van der Waals surface area contributed by atoms with Crippen molar-refractivity contribution in [2.45, 2.75) is 0 Å². The molecule has 0 aliphatic carbocycles. The highest BCUT2D eigenvalue weighted by molar-refractivity contribution is 7.20. The Kier molecular flexibility index (Phi) is 6.13. The Labute approximate surface area is 175 Å². The number of thiophene rings is 1. The molecular formula is C18H15Cl2N5O2S. The van der Waals surface area contributed by atoms with Gasteiger partial charge >= 0.3 is 6.03 Å². The van der Waals surface area contributed by atoms with Gasteiger partial charge in [-0.3, -0.25) is 10.1 Å². The molecule has 3 aromatic rings. The van der Waals surface area contributed by atoms with E-state index in [4.69, 9.17) is 23.2 Å². The molecule has 0 spiro atoms. The van der Waals surface area contributed by atoms with Gasteiger partial charge in [-0.25, -0.2) is 14.8 Å². The predicted molar refractivity (Wildman–Crippen MR) is 114 cm³/mol. The van der Waals surface area contributed by atoms with E-state index in [1.54, 1.807) is 38.4 Å². The highest BCUT2D eigenvalue weighted by Gasteiger charge is 2.13. The molecule has 2 heterocycles. The van der Waals surface area contributed by atoms with Crippen molar-refractivity contribution in [1.29, 1.82) is 0 Å². The van der Waals surface area contributed by atoms with Crippen LogP contribution in [0, 0.1) is 0 Å². The van der Waals surface area contributed by atoms with Crippen molar-refractivity contribution >= 4 is 74.3 Å². The summed E-state index contributed by atoms with van der Waals surface area (Å²) < 4.78 is 0.680. The zero-order chi connectivity index (χ0) is 20.3. The van der Waals surface area contributed by atoms with Gasteiger partial charge in [-0.15, -0.1) is 11.3 Å². The smallest absolute Gasteiger partial charge is 0.324 e.